The Morgan fingerprint density at radius 2 is 2.11 bits per heavy atom. The second kappa shape index (κ2) is 8.89. The van der Waals surface area contributed by atoms with E-state index in [0.29, 0.717) is 19.6 Å². The molecule has 0 radical (unpaired) electrons. The fourth-order valence-electron chi connectivity index (χ4n) is 1.69. The van der Waals surface area contributed by atoms with Crippen molar-refractivity contribution >= 4 is 0 Å². The fraction of sp³-hybridized carbons (Fsp3) is 0.571. The summed E-state index contributed by atoms with van der Waals surface area (Å²) in [5.41, 5.74) is 2.19. The zero-order chi connectivity index (χ0) is 13.2. The maximum absolute atomic E-state index is 12.1. The molecule has 0 aliphatic heterocycles. The lowest BCUT2D eigenvalue weighted by molar-refractivity contribution is 0.199. The number of hydrogen-bond acceptors (Lipinski definition) is 3. The van der Waals surface area contributed by atoms with Crippen molar-refractivity contribution in [3.8, 4) is 5.75 Å². The minimum Gasteiger partial charge on any atom is -0.493 e. The summed E-state index contributed by atoms with van der Waals surface area (Å²) in [6, 6.07) is 6.03. The lowest BCUT2D eigenvalue weighted by Gasteiger charge is -2.14. The zero-order valence-electron chi connectivity index (χ0n) is 11.2. The number of methoxy groups -OCH3 is 1. The molecule has 0 aromatic heterocycles. The van der Waals surface area contributed by atoms with Crippen LogP contribution in [-0.2, 0) is 11.3 Å². The Kier molecular flexibility index (Phi) is 7.37. The van der Waals surface area contributed by atoms with Gasteiger partial charge in [0, 0.05) is 32.2 Å². The van der Waals surface area contributed by atoms with Crippen molar-refractivity contribution in [3.05, 3.63) is 29.3 Å². The molecule has 1 aromatic carbocycles. The number of hydrogen-bond donors (Lipinski definition) is 1. The Hall–Kier alpha value is -1.13. The molecule has 18 heavy (non-hydrogen) atoms. The van der Waals surface area contributed by atoms with Crippen molar-refractivity contribution in [2.75, 3.05) is 33.5 Å². The summed E-state index contributed by atoms with van der Waals surface area (Å²) in [5.74, 6) is 0.871. The SMILES string of the molecule is COCCNCc1cccc(C)c1OCCCF. The van der Waals surface area contributed by atoms with Crippen molar-refractivity contribution in [1.82, 2.24) is 5.32 Å². The van der Waals surface area contributed by atoms with Crippen LogP contribution in [0.2, 0.25) is 0 Å². The van der Waals surface area contributed by atoms with Gasteiger partial charge in [-0.05, 0) is 12.5 Å². The highest BCUT2D eigenvalue weighted by Gasteiger charge is 2.06. The largest absolute Gasteiger partial charge is 0.493 e. The first-order chi connectivity index (χ1) is 8.79. The van der Waals surface area contributed by atoms with Crippen molar-refractivity contribution in [2.24, 2.45) is 0 Å². The van der Waals surface area contributed by atoms with Crippen molar-refractivity contribution in [3.63, 3.8) is 0 Å². The van der Waals surface area contributed by atoms with Crippen LogP contribution in [0.3, 0.4) is 0 Å². The van der Waals surface area contributed by atoms with Gasteiger partial charge >= 0.3 is 0 Å². The Balaban J connectivity index is 2.56. The van der Waals surface area contributed by atoms with E-state index in [4.69, 9.17) is 9.47 Å². The zero-order valence-corrected chi connectivity index (χ0v) is 11.2. The predicted molar refractivity (Wildman–Crippen MR) is 70.8 cm³/mol. The van der Waals surface area contributed by atoms with Crippen LogP contribution in [0.25, 0.3) is 0 Å². The van der Waals surface area contributed by atoms with E-state index < -0.39 is 0 Å². The Labute approximate surface area is 108 Å². The molecule has 0 unspecified atom stereocenters. The molecule has 102 valence electrons. The molecular formula is C14H22FNO2. The molecular weight excluding hydrogens is 233 g/mol. The topological polar surface area (TPSA) is 30.5 Å². The first kappa shape index (κ1) is 14.9. The van der Waals surface area contributed by atoms with E-state index in [1.165, 1.54) is 0 Å². The summed E-state index contributed by atoms with van der Waals surface area (Å²) < 4.78 is 22.7. The van der Waals surface area contributed by atoms with E-state index in [0.717, 1.165) is 30.0 Å². The van der Waals surface area contributed by atoms with Gasteiger partial charge in [-0.15, -0.1) is 0 Å². The van der Waals surface area contributed by atoms with Crippen LogP contribution in [-0.4, -0.2) is 33.5 Å². The predicted octanol–water partition coefficient (Wildman–Crippen LogP) is 2.47. The maximum Gasteiger partial charge on any atom is 0.126 e. The van der Waals surface area contributed by atoms with Gasteiger partial charge in [-0.2, -0.15) is 0 Å². The van der Waals surface area contributed by atoms with E-state index in [9.17, 15) is 4.39 Å². The lowest BCUT2D eigenvalue weighted by atomic mass is 10.1. The van der Waals surface area contributed by atoms with Gasteiger partial charge in [-0.1, -0.05) is 18.2 Å². The molecule has 0 saturated carbocycles. The third-order valence-electron chi connectivity index (χ3n) is 2.62. The summed E-state index contributed by atoms with van der Waals surface area (Å²) in [6.45, 7) is 4.30. The van der Waals surface area contributed by atoms with Gasteiger partial charge in [0.25, 0.3) is 0 Å². The summed E-state index contributed by atoms with van der Waals surface area (Å²) in [7, 11) is 1.68. The van der Waals surface area contributed by atoms with Crippen molar-refractivity contribution in [2.45, 2.75) is 19.9 Å². The normalized spacial score (nSPS) is 10.6. The third kappa shape index (κ3) is 5.02. The van der Waals surface area contributed by atoms with E-state index in [1.54, 1.807) is 7.11 Å². The molecule has 0 fully saturated rings. The van der Waals surface area contributed by atoms with Crippen LogP contribution in [0.5, 0.6) is 5.75 Å². The molecule has 0 spiro atoms. The van der Waals surface area contributed by atoms with Crippen LogP contribution in [0.4, 0.5) is 4.39 Å². The molecule has 0 bridgehead atoms. The van der Waals surface area contributed by atoms with E-state index in [-0.39, 0.29) is 6.67 Å². The number of ether oxygens (including phenoxy) is 2. The fourth-order valence-corrected chi connectivity index (χ4v) is 1.69. The molecule has 4 heteroatoms. The number of benzene rings is 1. The van der Waals surface area contributed by atoms with Gasteiger partial charge < -0.3 is 14.8 Å². The maximum atomic E-state index is 12.1. The van der Waals surface area contributed by atoms with Gasteiger partial charge in [0.05, 0.1) is 19.9 Å². The number of rotatable bonds is 9. The Morgan fingerprint density at radius 1 is 1.28 bits per heavy atom. The van der Waals surface area contributed by atoms with Crippen LogP contribution in [0, 0.1) is 6.92 Å². The lowest BCUT2D eigenvalue weighted by Crippen LogP contribution is -2.19. The Bertz CT molecular complexity index is 345. The summed E-state index contributed by atoms with van der Waals surface area (Å²) in [6.07, 6.45) is 0.435. The molecule has 1 N–H and O–H groups in total. The highest BCUT2D eigenvalue weighted by atomic mass is 19.1. The summed E-state index contributed by atoms with van der Waals surface area (Å²) in [4.78, 5) is 0. The van der Waals surface area contributed by atoms with Gasteiger partial charge in [0.15, 0.2) is 0 Å². The molecule has 1 rings (SSSR count). The molecule has 0 aliphatic carbocycles. The highest BCUT2D eigenvalue weighted by molar-refractivity contribution is 5.40. The van der Waals surface area contributed by atoms with E-state index >= 15 is 0 Å². The van der Waals surface area contributed by atoms with Gasteiger partial charge in [-0.3, -0.25) is 4.39 Å². The molecule has 0 aliphatic rings. The van der Waals surface area contributed by atoms with E-state index in [1.807, 2.05) is 25.1 Å². The second-order valence-corrected chi connectivity index (χ2v) is 4.12. The minimum absolute atomic E-state index is 0.340. The smallest absolute Gasteiger partial charge is 0.126 e. The van der Waals surface area contributed by atoms with Gasteiger partial charge in [0.2, 0.25) is 0 Å². The number of aryl methyl sites for hydroxylation is 1. The Morgan fingerprint density at radius 3 is 2.83 bits per heavy atom. The molecule has 3 nitrogen and oxygen atoms in total. The quantitative estimate of drug-likeness (QED) is 0.688. The summed E-state index contributed by atoms with van der Waals surface area (Å²) >= 11 is 0. The number of halogens is 1. The van der Waals surface area contributed by atoms with Gasteiger partial charge in [0.1, 0.15) is 5.75 Å². The van der Waals surface area contributed by atoms with Crippen LogP contribution in [0.1, 0.15) is 17.5 Å². The monoisotopic (exact) mass is 255 g/mol. The van der Waals surface area contributed by atoms with Gasteiger partial charge in [-0.25, -0.2) is 0 Å². The standard InChI is InChI=1S/C14H22FNO2/c1-12-5-3-6-13(11-16-8-10-17-2)14(12)18-9-4-7-15/h3,5-6,16H,4,7-11H2,1-2H3. The first-order valence-electron chi connectivity index (χ1n) is 6.26. The number of nitrogens with one attached hydrogen (secondary N) is 1. The minimum atomic E-state index is -0.340. The molecule has 0 amide bonds. The number of para-hydroxylation sites is 1. The van der Waals surface area contributed by atoms with Crippen LogP contribution in [0.15, 0.2) is 18.2 Å². The van der Waals surface area contributed by atoms with E-state index in [2.05, 4.69) is 5.32 Å². The average Bonchev–Trinajstić information content (AvgIpc) is 2.37. The number of alkyl halides is 1. The molecule has 0 atom stereocenters. The van der Waals surface area contributed by atoms with Crippen molar-refractivity contribution in [1.29, 1.82) is 0 Å². The van der Waals surface area contributed by atoms with Crippen LogP contribution >= 0.6 is 0 Å². The first-order valence-corrected chi connectivity index (χ1v) is 6.26. The third-order valence-corrected chi connectivity index (χ3v) is 2.62. The average molecular weight is 255 g/mol. The molecule has 1 aromatic rings. The summed E-state index contributed by atoms with van der Waals surface area (Å²) in [5, 5.41) is 3.28. The second-order valence-electron chi connectivity index (χ2n) is 4.12. The highest BCUT2D eigenvalue weighted by Crippen LogP contribution is 2.23. The molecule has 0 heterocycles. The van der Waals surface area contributed by atoms with Crippen LogP contribution < -0.4 is 10.1 Å². The molecule has 0 saturated heterocycles. The van der Waals surface area contributed by atoms with Crippen molar-refractivity contribution < 1.29 is 13.9 Å².